The summed E-state index contributed by atoms with van der Waals surface area (Å²) in [6.07, 6.45) is 2.47. The smallest absolute Gasteiger partial charge is 0.292 e. The molecule has 2 aliphatic heterocycles. The Morgan fingerprint density at radius 1 is 0.972 bits per heavy atom. The Balaban J connectivity index is 1.89. The minimum Gasteiger partial charge on any atom is -0.378 e. The second kappa shape index (κ2) is 12.4. The molecule has 0 saturated carbocycles. The zero-order valence-electron chi connectivity index (χ0n) is 20.9. The third-order valence-electron chi connectivity index (χ3n) is 6.70. The summed E-state index contributed by atoms with van der Waals surface area (Å²) in [6, 6.07) is 7.16. The molecule has 36 heavy (non-hydrogen) atoms. The van der Waals surface area contributed by atoms with Crippen LogP contribution in [0.15, 0.2) is 30.3 Å². The van der Waals surface area contributed by atoms with Crippen LogP contribution in [-0.4, -0.2) is 93.4 Å². The van der Waals surface area contributed by atoms with Gasteiger partial charge in [0, 0.05) is 38.9 Å². The van der Waals surface area contributed by atoms with Crippen LogP contribution in [0.5, 0.6) is 0 Å². The van der Waals surface area contributed by atoms with Gasteiger partial charge >= 0.3 is 0 Å². The quantitative estimate of drug-likeness (QED) is 0.449. The highest BCUT2D eigenvalue weighted by Gasteiger charge is 2.41. The molecular formula is C25H35N3O7S. The molecule has 2 fully saturated rings. The average Bonchev–Trinajstić information content (AvgIpc) is 3.41. The molecule has 1 aromatic rings. The number of rotatable bonds is 10. The number of carbonyl (C=O) groups excluding carboxylic acids is 4. The van der Waals surface area contributed by atoms with E-state index in [4.69, 9.17) is 4.74 Å². The van der Waals surface area contributed by atoms with E-state index in [0.717, 1.165) is 19.1 Å². The third kappa shape index (κ3) is 6.91. The molecule has 0 radical (unpaired) electrons. The fourth-order valence-corrected chi connectivity index (χ4v) is 6.21. The first kappa shape index (κ1) is 27.8. The van der Waals surface area contributed by atoms with Gasteiger partial charge in [0.15, 0.2) is 9.84 Å². The molecule has 3 amide bonds. The van der Waals surface area contributed by atoms with Crippen LogP contribution < -0.4 is 5.32 Å². The molecule has 1 aromatic carbocycles. The van der Waals surface area contributed by atoms with Gasteiger partial charge in [-0.15, -0.1) is 0 Å². The Kier molecular flexibility index (Phi) is 9.61. The summed E-state index contributed by atoms with van der Waals surface area (Å²) in [7, 11) is -3.85. The largest absolute Gasteiger partial charge is 0.378 e. The molecule has 2 unspecified atom stereocenters. The highest BCUT2D eigenvalue weighted by Crippen LogP contribution is 2.33. The first-order valence-corrected chi connectivity index (χ1v) is 14.3. The lowest BCUT2D eigenvalue weighted by Crippen LogP contribution is -2.51. The minimum absolute atomic E-state index is 0.156. The number of morpholine rings is 1. The van der Waals surface area contributed by atoms with Crippen LogP contribution in [0.25, 0.3) is 0 Å². The van der Waals surface area contributed by atoms with E-state index in [1.807, 2.05) is 0 Å². The van der Waals surface area contributed by atoms with Gasteiger partial charge < -0.3 is 19.9 Å². The van der Waals surface area contributed by atoms with Crippen LogP contribution in [0.3, 0.4) is 0 Å². The Hall–Kier alpha value is -2.79. The maximum Gasteiger partial charge on any atom is 0.292 e. The predicted octanol–water partition coefficient (Wildman–Crippen LogP) is 0.724. The van der Waals surface area contributed by atoms with Crippen molar-refractivity contribution in [2.75, 3.05) is 45.6 Å². The molecule has 0 aromatic heterocycles. The molecule has 3 atom stereocenters. The average molecular weight is 522 g/mol. The molecule has 198 valence electrons. The van der Waals surface area contributed by atoms with Gasteiger partial charge in [-0.2, -0.15) is 0 Å². The lowest BCUT2D eigenvalue weighted by molar-refractivity contribution is -0.146. The van der Waals surface area contributed by atoms with Gasteiger partial charge in [0.1, 0.15) is 0 Å². The van der Waals surface area contributed by atoms with Crippen molar-refractivity contribution in [3.8, 4) is 0 Å². The van der Waals surface area contributed by atoms with Gasteiger partial charge in [0.25, 0.3) is 5.91 Å². The van der Waals surface area contributed by atoms with E-state index in [-0.39, 0.29) is 18.7 Å². The van der Waals surface area contributed by atoms with Crippen molar-refractivity contribution in [2.24, 2.45) is 5.92 Å². The molecule has 2 saturated heterocycles. The van der Waals surface area contributed by atoms with Gasteiger partial charge in [0.05, 0.1) is 30.4 Å². The van der Waals surface area contributed by atoms with E-state index in [1.165, 1.54) is 4.90 Å². The summed E-state index contributed by atoms with van der Waals surface area (Å²) in [5.74, 6) is -3.78. The van der Waals surface area contributed by atoms with E-state index in [0.29, 0.717) is 45.0 Å². The van der Waals surface area contributed by atoms with Crippen LogP contribution in [0.2, 0.25) is 0 Å². The standard InChI is InChI=1S/C25H35N3O7S/c1-3-20(22(30)25(32)28-11-7-8-12-28)26-24(31)19(17-21(29)27-13-15-35-16-14-27)23(36(2,33)34)18-9-5-4-6-10-18/h4-6,9-10,19-20,23H,3,7-8,11-17H2,1-2H3,(H,26,31)/t19?,20-,23?/m0/s1. The predicted molar refractivity (Wildman–Crippen MR) is 133 cm³/mol. The van der Waals surface area contributed by atoms with Crippen LogP contribution in [0.4, 0.5) is 0 Å². The molecule has 0 spiro atoms. The molecule has 1 N–H and O–H groups in total. The molecule has 0 bridgehead atoms. The van der Waals surface area contributed by atoms with Crippen molar-refractivity contribution in [1.29, 1.82) is 0 Å². The second-order valence-electron chi connectivity index (χ2n) is 9.30. The van der Waals surface area contributed by atoms with Crippen molar-refractivity contribution in [2.45, 2.75) is 43.9 Å². The van der Waals surface area contributed by atoms with E-state index >= 15 is 0 Å². The zero-order valence-corrected chi connectivity index (χ0v) is 21.7. The number of nitrogens with one attached hydrogen (secondary N) is 1. The van der Waals surface area contributed by atoms with E-state index in [2.05, 4.69) is 5.32 Å². The number of sulfone groups is 1. The molecule has 11 heteroatoms. The minimum atomic E-state index is -3.85. The van der Waals surface area contributed by atoms with Crippen molar-refractivity contribution < 1.29 is 32.3 Å². The maximum absolute atomic E-state index is 13.6. The first-order chi connectivity index (χ1) is 17.1. The Labute approximate surface area is 212 Å². The summed E-state index contributed by atoms with van der Waals surface area (Å²) in [6.45, 7) is 4.08. The number of nitrogens with zero attached hydrogens (tertiary/aromatic N) is 2. The number of likely N-dealkylation sites (tertiary alicyclic amines) is 1. The second-order valence-corrected chi connectivity index (χ2v) is 11.5. The first-order valence-electron chi connectivity index (χ1n) is 12.4. The van der Waals surface area contributed by atoms with E-state index < -0.39 is 44.6 Å². The lowest BCUT2D eigenvalue weighted by atomic mass is 9.93. The van der Waals surface area contributed by atoms with Crippen molar-refractivity contribution in [3.63, 3.8) is 0 Å². The van der Waals surface area contributed by atoms with Crippen molar-refractivity contribution in [1.82, 2.24) is 15.1 Å². The summed E-state index contributed by atoms with van der Waals surface area (Å²) in [4.78, 5) is 55.3. The Morgan fingerprint density at radius 3 is 2.14 bits per heavy atom. The molecule has 3 rings (SSSR count). The number of hydrogen-bond acceptors (Lipinski definition) is 7. The van der Waals surface area contributed by atoms with E-state index in [9.17, 15) is 27.6 Å². The molecule has 2 heterocycles. The molecule has 2 aliphatic rings. The lowest BCUT2D eigenvalue weighted by Gasteiger charge is -2.31. The monoisotopic (exact) mass is 521 g/mol. The van der Waals surface area contributed by atoms with Gasteiger partial charge in [-0.05, 0) is 24.8 Å². The summed E-state index contributed by atoms with van der Waals surface area (Å²) < 4.78 is 31.2. The van der Waals surface area contributed by atoms with Crippen LogP contribution in [-0.2, 0) is 33.8 Å². The third-order valence-corrected chi connectivity index (χ3v) is 8.22. The number of hydrogen-bond donors (Lipinski definition) is 1. The number of benzene rings is 1. The fraction of sp³-hybridized carbons (Fsp3) is 0.600. The topological polar surface area (TPSA) is 130 Å². The van der Waals surface area contributed by atoms with Crippen molar-refractivity contribution >= 4 is 33.3 Å². The Morgan fingerprint density at radius 2 is 1.58 bits per heavy atom. The fourth-order valence-electron chi connectivity index (χ4n) is 4.74. The number of ether oxygens (including phenoxy) is 1. The zero-order chi connectivity index (χ0) is 26.3. The van der Waals surface area contributed by atoms with Crippen LogP contribution in [0, 0.1) is 5.92 Å². The number of Topliss-reactive ketones (excluding diaryl/α,β-unsaturated/α-hetero) is 1. The molecule has 10 nitrogen and oxygen atoms in total. The van der Waals surface area contributed by atoms with Gasteiger partial charge in [-0.3, -0.25) is 19.2 Å². The Bertz CT molecular complexity index is 1050. The normalized spacial score (nSPS) is 18.8. The number of amides is 3. The summed E-state index contributed by atoms with van der Waals surface area (Å²) in [5, 5.41) is 1.31. The summed E-state index contributed by atoms with van der Waals surface area (Å²) >= 11 is 0. The van der Waals surface area contributed by atoms with Crippen LogP contribution in [0.1, 0.15) is 43.4 Å². The number of ketones is 1. The van der Waals surface area contributed by atoms with Gasteiger partial charge in [-0.25, -0.2) is 8.42 Å². The molecule has 0 aliphatic carbocycles. The van der Waals surface area contributed by atoms with E-state index in [1.54, 1.807) is 42.2 Å². The van der Waals surface area contributed by atoms with Gasteiger partial charge in [0.2, 0.25) is 17.6 Å². The highest BCUT2D eigenvalue weighted by atomic mass is 32.2. The molecular weight excluding hydrogens is 486 g/mol. The SMILES string of the molecule is CC[C@H](NC(=O)C(CC(=O)N1CCOCC1)C(c1ccccc1)S(C)(=O)=O)C(=O)C(=O)N1CCCC1. The number of carbonyl (C=O) groups is 4. The van der Waals surface area contributed by atoms with Crippen molar-refractivity contribution in [3.05, 3.63) is 35.9 Å². The maximum atomic E-state index is 13.6. The van der Waals surface area contributed by atoms with Gasteiger partial charge in [-0.1, -0.05) is 37.3 Å². The highest BCUT2D eigenvalue weighted by molar-refractivity contribution is 7.91. The summed E-state index contributed by atoms with van der Waals surface area (Å²) in [5.41, 5.74) is 0.377. The van der Waals surface area contributed by atoms with Crippen LogP contribution >= 0.6 is 0 Å².